The van der Waals surface area contributed by atoms with Crippen molar-refractivity contribution in [2.75, 3.05) is 11.9 Å². The third kappa shape index (κ3) is 4.38. The molecule has 0 aliphatic heterocycles. The average molecular weight is 241 g/mol. The number of carboxylic acids is 1. The maximum absolute atomic E-state index is 11.3. The Hall–Kier alpha value is -2.29. The van der Waals surface area contributed by atoms with Gasteiger partial charge in [0.25, 0.3) is 5.95 Å². The van der Waals surface area contributed by atoms with Crippen molar-refractivity contribution in [3.8, 4) is 0 Å². The Morgan fingerprint density at radius 1 is 1.41 bits per heavy atom. The van der Waals surface area contributed by atoms with Crippen LogP contribution in [0.4, 0.5) is 10.7 Å². The molecule has 17 heavy (non-hydrogen) atoms. The second-order valence-electron chi connectivity index (χ2n) is 2.97. The minimum Gasteiger partial charge on any atom is -0.480 e. The number of anilines is 1. The molecule has 0 fully saturated rings. The molecule has 1 aromatic rings. The van der Waals surface area contributed by atoms with Crippen LogP contribution >= 0.6 is 0 Å². The monoisotopic (exact) mass is 241 g/mol. The summed E-state index contributed by atoms with van der Waals surface area (Å²) >= 11 is 0. The topological polar surface area (TPSA) is 137 Å². The number of carbonyl (C=O) groups excluding carboxylic acids is 1. The molecule has 0 saturated carbocycles. The second kappa shape index (κ2) is 6.33. The molecule has 0 saturated heterocycles. The molecular weight excluding hydrogens is 230 g/mol. The van der Waals surface area contributed by atoms with Crippen LogP contribution in [-0.2, 0) is 4.79 Å². The third-order valence-corrected chi connectivity index (χ3v) is 1.73. The molecule has 0 bridgehead atoms. The molecule has 9 nitrogen and oxygen atoms in total. The largest absolute Gasteiger partial charge is 0.480 e. The fourth-order valence-corrected chi connectivity index (χ4v) is 0.987. The van der Waals surface area contributed by atoms with E-state index in [1.807, 2.05) is 0 Å². The Labute approximate surface area is 95.9 Å². The van der Waals surface area contributed by atoms with Crippen molar-refractivity contribution in [2.45, 2.75) is 12.5 Å². The molecule has 0 spiro atoms. The highest BCUT2D eigenvalue weighted by Crippen LogP contribution is 1.95. The highest BCUT2D eigenvalue weighted by atomic mass is 16.4. The number of rotatable bonds is 5. The molecule has 0 radical (unpaired) electrons. The number of nitrogens with zero attached hydrogens (tertiary/aromatic N) is 3. The number of aliphatic carboxylic acids is 1. The standard InChI is InChI=1S/C8H11N5O4/c14-4-1-5(6(15)16)11-8(17)12-7-9-2-3-10-13-7/h2-3,5,14H,1,4H2,(H,15,16)(H2,9,11,12,13,17). The van der Waals surface area contributed by atoms with Crippen LogP contribution in [-0.4, -0.2) is 50.0 Å². The molecule has 92 valence electrons. The van der Waals surface area contributed by atoms with Gasteiger partial charge >= 0.3 is 12.0 Å². The number of carboxylic acid groups (broad SMARTS) is 1. The van der Waals surface area contributed by atoms with E-state index in [0.717, 1.165) is 0 Å². The highest BCUT2D eigenvalue weighted by molar-refractivity contribution is 5.90. The van der Waals surface area contributed by atoms with Crippen LogP contribution in [0.15, 0.2) is 12.4 Å². The summed E-state index contributed by atoms with van der Waals surface area (Å²) in [6.07, 6.45) is 2.57. The Balaban J connectivity index is 2.51. The summed E-state index contributed by atoms with van der Waals surface area (Å²) in [6, 6.07) is -1.95. The molecular formula is C8H11N5O4. The fraction of sp³-hybridized carbons (Fsp3) is 0.375. The van der Waals surface area contributed by atoms with Crippen LogP contribution in [0.1, 0.15) is 6.42 Å². The van der Waals surface area contributed by atoms with Gasteiger partial charge in [-0.05, 0) is 0 Å². The number of hydrogen-bond donors (Lipinski definition) is 4. The number of urea groups is 1. The average Bonchev–Trinajstić information content (AvgIpc) is 2.29. The van der Waals surface area contributed by atoms with Gasteiger partial charge in [-0.2, -0.15) is 5.10 Å². The summed E-state index contributed by atoms with van der Waals surface area (Å²) in [6.45, 7) is -0.347. The van der Waals surface area contributed by atoms with Crippen molar-refractivity contribution in [2.24, 2.45) is 0 Å². The second-order valence-corrected chi connectivity index (χ2v) is 2.97. The third-order valence-electron chi connectivity index (χ3n) is 1.73. The van der Waals surface area contributed by atoms with E-state index in [1.54, 1.807) is 0 Å². The van der Waals surface area contributed by atoms with Crippen molar-refractivity contribution in [1.82, 2.24) is 20.5 Å². The first kappa shape index (κ1) is 12.8. The highest BCUT2D eigenvalue weighted by Gasteiger charge is 2.19. The van der Waals surface area contributed by atoms with Gasteiger partial charge in [0.15, 0.2) is 0 Å². The molecule has 0 aliphatic rings. The van der Waals surface area contributed by atoms with Crippen LogP contribution in [0.2, 0.25) is 0 Å². The van der Waals surface area contributed by atoms with E-state index in [0.29, 0.717) is 0 Å². The van der Waals surface area contributed by atoms with E-state index in [9.17, 15) is 9.59 Å². The van der Waals surface area contributed by atoms with E-state index < -0.39 is 18.0 Å². The molecule has 1 atom stereocenters. The number of carbonyl (C=O) groups is 2. The fourth-order valence-electron chi connectivity index (χ4n) is 0.987. The zero-order valence-electron chi connectivity index (χ0n) is 8.70. The molecule has 0 aliphatic carbocycles. The SMILES string of the molecule is O=C(Nc1nccnn1)NC(CCO)C(=O)O. The number of aliphatic hydroxyl groups excluding tert-OH is 1. The summed E-state index contributed by atoms with van der Waals surface area (Å²) in [4.78, 5) is 25.7. The quantitative estimate of drug-likeness (QED) is 0.509. The summed E-state index contributed by atoms with van der Waals surface area (Å²) < 4.78 is 0. The van der Waals surface area contributed by atoms with Gasteiger partial charge in [-0.3, -0.25) is 5.32 Å². The lowest BCUT2D eigenvalue weighted by Crippen LogP contribution is -2.43. The van der Waals surface area contributed by atoms with E-state index in [-0.39, 0.29) is 19.0 Å². The normalized spacial score (nSPS) is 11.6. The maximum atomic E-state index is 11.3. The Kier molecular flexibility index (Phi) is 4.76. The Morgan fingerprint density at radius 3 is 2.71 bits per heavy atom. The zero-order chi connectivity index (χ0) is 12.7. The zero-order valence-corrected chi connectivity index (χ0v) is 8.70. The molecule has 1 unspecified atom stereocenters. The van der Waals surface area contributed by atoms with E-state index in [1.165, 1.54) is 12.4 Å². The van der Waals surface area contributed by atoms with Gasteiger partial charge in [-0.1, -0.05) is 0 Å². The lowest BCUT2D eigenvalue weighted by Gasteiger charge is -2.12. The first-order chi connectivity index (χ1) is 8.13. The lowest BCUT2D eigenvalue weighted by atomic mass is 10.2. The number of nitrogens with one attached hydrogen (secondary N) is 2. The minimum atomic E-state index is -1.23. The number of hydrogen-bond acceptors (Lipinski definition) is 6. The molecule has 0 aromatic carbocycles. The van der Waals surface area contributed by atoms with Gasteiger partial charge in [0.05, 0.1) is 12.4 Å². The molecule has 1 heterocycles. The number of aromatic nitrogens is 3. The number of aliphatic hydroxyl groups is 1. The van der Waals surface area contributed by atoms with Crippen LogP contribution in [0.5, 0.6) is 0 Å². The van der Waals surface area contributed by atoms with Crippen molar-refractivity contribution in [3.05, 3.63) is 12.4 Å². The molecule has 2 amide bonds. The van der Waals surface area contributed by atoms with Crippen LogP contribution in [0.25, 0.3) is 0 Å². The smallest absolute Gasteiger partial charge is 0.326 e. The van der Waals surface area contributed by atoms with Gasteiger partial charge < -0.3 is 15.5 Å². The summed E-state index contributed by atoms with van der Waals surface area (Å²) in [5, 5.41) is 28.7. The van der Waals surface area contributed by atoms with Crippen molar-refractivity contribution in [1.29, 1.82) is 0 Å². The van der Waals surface area contributed by atoms with Gasteiger partial charge in [-0.25, -0.2) is 14.6 Å². The molecule has 4 N–H and O–H groups in total. The van der Waals surface area contributed by atoms with Crippen LogP contribution in [0.3, 0.4) is 0 Å². The molecule has 9 heteroatoms. The molecule has 1 rings (SSSR count). The summed E-state index contributed by atoms with van der Waals surface area (Å²) in [5.41, 5.74) is 0. The predicted molar refractivity (Wildman–Crippen MR) is 55.1 cm³/mol. The number of amides is 2. The van der Waals surface area contributed by atoms with Gasteiger partial charge in [0.1, 0.15) is 6.04 Å². The van der Waals surface area contributed by atoms with Gasteiger partial charge in [0, 0.05) is 13.0 Å². The van der Waals surface area contributed by atoms with Gasteiger partial charge in [-0.15, -0.1) is 5.10 Å². The summed E-state index contributed by atoms with van der Waals surface area (Å²) in [7, 11) is 0. The van der Waals surface area contributed by atoms with Crippen molar-refractivity contribution < 1.29 is 19.8 Å². The summed E-state index contributed by atoms with van der Waals surface area (Å²) in [5.74, 6) is -1.28. The minimum absolute atomic E-state index is 0.0434. The lowest BCUT2D eigenvalue weighted by molar-refractivity contribution is -0.139. The van der Waals surface area contributed by atoms with E-state index in [4.69, 9.17) is 10.2 Å². The van der Waals surface area contributed by atoms with Gasteiger partial charge in [0.2, 0.25) is 0 Å². The van der Waals surface area contributed by atoms with E-state index in [2.05, 4.69) is 25.8 Å². The van der Waals surface area contributed by atoms with Crippen LogP contribution in [0, 0.1) is 0 Å². The maximum Gasteiger partial charge on any atom is 0.326 e. The molecule has 1 aromatic heterocycles. The first-order valence-electron chi connectivity index (χ1n) is 4.68. The first-order valence-corrected chi connectivity index (χ1v) is 4.68. The van der Waals surface area contributed by atoms with Crippen molar-refractivity contribution in [3.63, 3.8) is 0 Å². The van der Waals surface area contributed by atoms with Crippen LogP contribution < -0.4 is 10.6 Å². The van der Waals surface area contributed by atoms with E-state index >= 15 is 0 Å². The predicted octanol–water partition coefficient (Wildman–Crippen LogP) is -1.17. The Morgan fingerprint density at radius 2 is 2.18 bits per heavy atom. The van der Waals surface area contributed by atoms with Crippen molar-refractivity contribution >= 4 is 17.9 Å². The Bertz CT molecular complexity index is 385.